The van der Waals surface area contributed by atoms with Gasteiger partial charge in [-0.25, -0.2) is 0 Å². The summed E-state index contributed by atoms with van der Waals surface area (Å²) in [5, 5.41) is 3.05. The van der Waals surface area contributed by atoms with Crippen molar-refractivity contribution in [2.24, 2.45) is 0 Å². The molecule has 0 saturated carbocycles. The number of amides is 1. The van der Waals surface area contributed by atoms with Gasteiger partial charge in [-0.3, -0.25) is 4.79 Å². The summed E-state index contributed by atoms with van der Waals surface area (Å²) in [6.07, 6.45) is 2.26. The molecule has 0 aliphatic carbocycles. The predicted octanol–water partition coefficient (Wildman–Crippen LogP) is 4.95. The first-order valence-corrected chi connectivity index (χ1v) is 9.40. The lowest BCUT2D eigenvalue weighted by Crippen LogP contribution is -2.14. The molecule has 25 heavy (non-hydrogen) atoms. The molecule has 1 aromatic heterocycles. The number of nitrogens with zero attached hydrogens (tertiary/aromatic N) is 1. The fourth-order valence-corrected chi connectivity index (χ4v) is 4.56. The average molecular weight is 393 g/mol. The summed E-state index contributed by atoms with van der Waals surface area (Å²) >= 11 is 3.55. The van der Waals surface area contributed by atoms with Gasteiger partial charge in [-0.15, -0.1) is 0 Å². The fourth-order valence-electron chi connectivity index (χ4n) is 4.19. The summed E-state index contributed by atoms with van der Waals surface area (Å²) < 4.78 is 3.40. The molecule has 0 radical (unpaired) electrons. The van der Waals surface area contributed by atoms with Crippen LogP contribution in [0.15, 0.2) is 59.1 Å². The second-order valence-electron chi connectivity index (χ2n) is 6.71. The van der Waals surface area contributed by atoms with Crippen molar-refractivity contribution in [3.63, 3.8) is 0 Å². The van der Waals surface area contributed by atoms with E-state index in [4.69, 9.17) is 0 Å². The molecular formula is C21H17BrN2O. The molecule has 0 saturated heterocycles. The topological polar surface area (TPSA) is 34.0 Å². The number of aryl methyl sites for hydroxylation is 1. The minimum Gasteiger partial charge on any atom is -0.344 e. The van der Waals surface area contributed by atoms with Crippen LogP contribution in [-0.2, 0) is 17.8 Å². The largest absolute Gasteiger partial charge is 0.344 e. The van der Waals surface area contributed by atoms with Crippen molar-refractivity contribution in [1.29, 1.82) is 0 Å². The number of benzene rings is 2. The highest BCUT2D eigenvalue weighted by Crippen LogP contribution is 2.44. The maximum atomic E-state index is 12.8. The third kappa shape index (κ3) is 2.28. The molecule has 2 aromatic carbocycles. The predicted molar refractivity (Wildman–Crippen MR) is 103 cm³/mol. The molecule has 0 bridgehead atoms. The normalized spacial score (nSPS) is 18.1. The van der Waals surface area contributed by atoms with Crippen LogP contribution in [0.5, 0.6) is 0 Å². The summed E-state index contributed by atoms with van der Waals surface area (Å²) in [6, 6.07) is 18.7. The van der Waals surface area contributed by atoms with E-state index in [0.717, 1.165) is 34.3 Å². The third-order valence-corrected chi connectivity index (χ3v) is 5.72. The number of carbonyl (C=O) groups is 1. The van der Waals surface area contributed by atoms with Crippen molar-refractivity contribution in [2.45, 2.75) is 25.3 Å². The summed E-state index contributed by atoms with van der Waals surface area (Å²) in [5.74, 6) is -0.185. The molecule has 1 atom stereocenters. The number of rotatable bonds is 2. The molecule has 5 rings (SSSR count). The van der Waals surface area contributed by atoms with E-state index < -0.39 is 0 Å². The fraction of sp³-hybridized carbons (Fsp3) is 0.190. The van der Waals surface area contributed by atoms with E-state index in [2.05, 4.69) is 62.2 Å². The molecule has 3 nitrogen and oxygen atoms in total. The number of fused-ring (bicyclic) bond motifs is 2. The Balaban J connectivity index is 1.74. The van der Waals surface area contributed by atoms with Crippen molar-refractivity contribution < 1.29 is 4.79 Å². The Hall–Kier alpha value is -2.33. The molecule has 0 spiro atoms. The van der Waals surface area contributed by atoms with Gasteiger partial charge in [0.05, 0.1) is 11.6 Å². The van der Waals surface area contributed by atoms with Crippen molar-refractivity contribution in [3.8, 4) is 11.3 Å². The van der Waals surface area contributed by atoms with E-state index in [1.165, 1.54) is 23.4 Å². The molecule has 0 fully saturated rings. The van der Waals surface area contributed by atoms with Crippen LogP contribution in [0, 0.1) is 0 Å². The van der Waals surface area contributed by atoms with Crippen LogP contribution in [0.1, 0.15) is 29.2 Å². The Morgan fingerprint density at radius 2 is 1.88 bits per heavy atom. The summed E-state index contributed by atoms with van der Waals surface area (Å²) in [7, 11) is 0. The van der Waals surface area contributed by atoms with E-state index in [-0.39, 0.29) is 11.8 Å². The SMILES string of the molecule is O=C1Nc2ccc(Br)cc2C1c1cc2n(c1-c1ccccc1)CCC2. The molecular weight excluding hydrogens is 376 g/mol. The van der Waals surface area contributed by atoms with Gasteiger partial charge in [0, 0.05) is 22.4 Å². The van der Waals surface area contributed by atoms with E-state index in [1.807, 2.05) is 18.2 Å². The van der Waals surface area contributed by atoms with Crippen LogP contribution in [0.25, 0.3) is 11.3 Å². The van der Waals surface area contributed by atoms with Gasteiger partial charge < -0.3 is 9.88 Å². The Labute approximate surface area is 154 Å². The Morgan fingerprint density at radius 3 is 2.72 bits per heavy atom. The molecule has 124 valence electrons. The summed E-state index contributed by atoms with van der Waals surface area (Å²) in [6.45, 7) is 1.03. The van der Waals surface area contributed by atoms with Gasteiger partial charge in [0.1, 0.15) is 0 Å². The molecule has 2 aliphatic rings. The van der Waals surface area contributed by atoms with Crippen LogP contribution in [0.2, 0.25) is 0 Å². The minimum atomic E-state index is -0.249. The van der Waals surface area contributed by atoms with Gasteiger partial charge >= 0.3 is 0 Å². The first-order chi connectivity index (χ1) is 12.2. The zero-order valence-electron chi connectivity index (χ0n) is 13.6. The van der Waals surface area contributed by atoms with Crippen LogP contribution < -0.4 is 5.32 Å². The maximum absolute atomic E-state index is 12.8. The van der Waals surface area contributed by atoms with Gasteiger partial charge in [-0.2, -0.15) is 0 Å². The second kappa shape index (κ2) is 5.60. The standard InChI is InChI=1S/C21H17BrN2O/c22-14-8-9-18-16(11-14)19(21(25)23-18)17-12-15-7-4-10-24(15)20(17)13-5-2-1-3-6-13/h1-3,5-6,8-9,11-12,19H,4,7,10H2,(H,23,25). The molecule has 1 N–H and O–H groups in total. The smallest absolute Gasteiger partial charge is 0.236 e. The number of anilines is 1. The Kier molecular flexibility index (Phi) is 3.35. The van der Waals surface area contributed by atoms with Gasteiger partial charge in [0.2, 0.25) is 5.91 Å². The third-order valence-electron chi connectivity index (χ3n) is 5.23. The van der Waals surface area contributed by atoms with Crippen LogP contribution >= 0.6 is 15.9 Å². The zero-order chi connectivity index (χ0) is 17.0. The van der Waals surface area contributed by atoms with Crippen molar-refractivity contribution in [3.05, 3.63) is 75.9 Å². The highest BCUT2D eigenvalue weighted by atomic mass is 79.9. The molecule has 3 aromatic rings. The van der Waals surface area contributed by atoms with Crippen LogP contribution in [0.3, 0.4) is 0 Å². The molecule has 1 unspecified atom stereocenters. The molecule has 4 heteroatoms. The monoisotopic (exact) mass is 392 g/mol. The van der Waals surface area contributed by atoms with E-state index >= 15 is 0 Å². The average Bonchev–Trinajstić information content (AvgIpc) is 3.27. The van der Waals surface area contributed by atoms with Gasteiger partial charge in [0.15, 0.2) is 0 Å². The number of nitrogens with one attached hydrogen (secondary N) is 1. The Bertz CT molecular complexity index is 991. The van der Waals surface area contributed by atoms with Crippen LogP contribution in [0.4, 0.5) is 5.69 Å². The first kappa shape index (κ1) is 15.0. The van der Waals surface area contributed by atoms with Crippen LogP contribution in [-0.4, -0.2) is 10.5 Å². The van der Waals surface area contributed by atoms with Crippen molar-refractivity contribution in [1.82, 2.24) is 4.57 Å². The number of aromatic nitrogens is 1. The highest BCUT2D eigenvalue weighted by Gasteiger charge is 2.36. The van der Waals surface area contributed by atoms with Crippen molar-refractivity contribution in [2.75, 3.05) is 5.32 Å². The summed E-state index contributed by atoms with van der Waals surface area (Å²) in [4.78, 5) is 12.8. The Morgan fingerprint density at radius 1 is 1.04 bits per heavy atom. The van der Waals surface area contributed by atoms with Gasteiger partial charge in [-0.05, 0) is 53.8 Å². The van der Waals surface area contributed by atoms with E-state index in [0.29, 0.717) is 0 Å². The lowest BCUT2D eigenvalue weighted by molar-refractivity contribution is -0.116. The molecule has 2 aliphatic heterocycles. The second-order valence-corrected chi connectivity index (χ2v) is 7.63. The van der Waals surface area contributed by atoms with Crippen molar-refractivity contribution >= 4 is 27.5 Å². The number of hydrogen-bond acceptors (Lipinski definition) is 1. The summed E-state index contributed by atoms with van der Waals surface area (Å²) in [5.41, 5.74) is 6.81. The number of carbonyl (C=O) groups excluding carboxylic acids is 1. The maximum Gasteiger partial charge on any atom is 0.236 e. The zero-order valence-corrected chi connectivity index (χ0v) is 15.2. The number of hydrogen-bond donors (Lipinski definition) is 1. The van der Waals surface area contributed by atoms with E-state index in [1.54, 1.807) is 0 Å². The van der Waals surface area contributed by atoms with Gasteiger partial charge in [0.25, 0.3) is 0 Å². The lowest BCUT2D eigenvalue weighted by atomic mass is 9.90. The van der Waals surface area contributed by atoms with Gasteiger partial charge in [-0.1, -0.05) is 46.3 Å². The minimum absolute atomic E-state index is 0.0644. The first-order valence-electron chi connectivity index (χ1n) is 8.60. The highest BCUT2D eigenvalue weighted by molar-refractivity contribution is 9.10. The number of halogens is 1. The van der Waals surface area contributed by atoms with E-state index in [9.17, 15) is 4.79 Å². The lowest BCUT2D eigenvalue weighted by Gasteiger charge is -2.14. The molecule has 1 amide bonds. The quantitative estimate of drug-likeness (QED) is 0.657. The molecule has 3 heterocycles.